The summed E-state index contributed by atoms with van der Waals surface area (Å²) in [5.41, 5.74) is 31.7. The number of nitrogens with zero attached hydrogens (tertiary/aromatic N) is 4. The Hall–Kier alpha value is -17.4. The summed E-state index contributed by atoms with van der Waals surface area (Å²) in [4.78, 5) is 0. The lowest BCUT2D eigenvalue weighted by atomic mass is 9.85. The molecule has 143 heavy (non-hydrogen) atoms. The molecule has 4 nitrogen and oxygen atoms in total. The van der Waals surface area contributed by atoms with Gasteiger partial charge in [-0.1, -0.05) is 392 Å². The first kappa shape index (κ1) is 87.1. The maximum absolute atomic E-state index is 2.44. The maximum Gasteiger partial charge on any atom is 0.0541 e. The molecule has 0 saturated carbocycles. The molecule has 0 bridgehead atoms. The van der Waals surface area contributed by atoms with Crippen LogP contribution in [0.4, 0.5) is 0 Å². The van der Waals surface area contributed by atoms with Crippen LogP contribution in [0, 0.1) is 20.8 Å². The second kappa shape index (κ2) is 35.2. The Balaban J connectivity index is 0.000000100. The molecule has 0 saturated heterocycles. The van der Waals surface area contributed by atoms with Crippen molar-refractivity contribution in [2.75, 3.05) is 0 Å². The average Bonchev–Trinajstić information content (AvgIpc) is 1.48. The summed E-state index contributed by atoms with van der Waals surface area (Å²) in [6.07, 6.45) is 0. The van der Waals surface area contributed by atoms with Crippen LogP contribution in [0.1, 0.15) is 69.4 Å². The van der Waals surface area contributed by atoms with Crippen molar-refractivity contribution in [3.63, 3.8) is 0 Å². The van der Waals surface area contributed by atoms with Crippen molar-refractivity contribution >= 4 is 173 Å². The number of rotatable bonds is 8. The fourth-order valence-corrected chi connectivity index (χ4v) is 22.9. The Labute approximate surface area is 833 Å². The van der Waals surface area contributed by atoms with Crippen LogP contribution in [-0.4, -0.2) is 18.3 Å². The van der Waals surface area contributed by atoms with Gasteiger partial charge in [-0.25, -0.2) is 0 Å². The second-order valence-electron chi connectivity index (χ2n) is 40.8. The number of para-hydroxylation sites is 4. The van der Waals surface area contributed by atoms with Crippen LogP contribution in [0.15, 0.2) is 479 Å². The smallest absolute Gasteiger partial charge is 0.0541 e. The van der Waals surface area contributed by atoms with Gasteiger partial charge in [0, 0.05) is 65.8 Å². The minimum absolute atomic E-state index is 0.0904. The van der Waals surface area contributed by atoms with Crippen LogP contribution in [0.5, 0.6) is 0 Å². The molecular formula is C139H106N4. The highest BCUT2D eigenvalue weighted by Crippen LogP contribution is 2.47. The third-order valence-corrected chi connectivity index (χ3v) is 29.9. The SMILES string of the molecule is CC(C)(C)c1ccc2c(c1)c1cc(C(C)(C)C)ccc1n2-c1ccc(-c2c3ccccc3cc3ccccc23)cc1.Cc1c2ccccc2c(-c2ccc(-n3c4ccccc4c4ccccc43)cc2)c2ccccc12.Cc1ccc2c(c1)c1cc(C)ccc1n2-c1ccc(-c2c3ccccc3cc3ccccc23)cc1.c1ccc2c(-c3ccc(-n4c5ccccc5c5ccccc54)cc3)c3ccccc3cc2c1. The quantitative estimate of drug-likeness (QED) is 0.135. The van der Waals surface area contributed by atoms with E-state index in [1.165, 1.54) is 268 Å². The second-order valence-corrected chi connectivity index (χ2v) is 40.8. The van der Waals surface area contributed by atoms with E-state index < -0.39 is 0 Å². The van der Waals surface area contributed by atoms with E-state index in [9.17, 15) is 0 Å². The van der Waals surface area contributed by atoms with Gasteiger partial charge in [0.1, 0.15) is 0 Å². The largest absolute Gasteiger partial charge is 0.309 e. The van der Waals surface area contributed by atoms with Crippen LogP contribution >= 0.6 is 0 Å². The molecular weight excluding hydrogens is 1730 g/mol. The molecule has 0 amide bonds. The van der Waals surface area contributed by atoms with E-state index in [2.05, 4.69) is 560 Å². The standard InChI is InChI=1S/C40H37N.C34H25N.C33H23N.C32H21N/c1-39(2,3)29-17-21-36-34(24-29)35-25-30(40(4,5)6)18-22-37(35)41(36)31-19-15-26(16-20-31)38-32-13-9-7-11-27(32)23-28-12-8-10-14-33(28)38;1-22-11-17-32-30(19-22)31-20-23(2)12-18-33(31)35(32)27-15-13-24(14-16-27)34-28-9-5-3-7-25(28)21-26-8-4-6-10-29(26)34;1-22-25-10-2-4-14-29(25)33(30-15-5-3-11-26(22)30)23-18-20-24(21-19-23)34-31-16-8-6-12-27(31)28-13-7-9-17-32(28)34;1-3-11-26-23(9-1)21-24-10-2-4-12-27(24)32(26)22-17-19-25(20-18-22)33-30-15-7-5-13-28(30)29-14-6-8-16-31(29)33/h7-25H,1-6H3;3-21H,1-2H3;2-21H,1H3;1-21H. The van der Waals surface area contributed by atoms with Gasteiger partial charge in [-0.15, -0.1) is 0 Å². The van der Waals surface area contributed by atoms with Crippen LogP contribution < -0.4 is 0 Å². The van der Waals surface area contributed by atoms with E-state index in [1.54, 1.807) is 0 Å². The zero-order chi connectivity index (χ0) is 96.5. The Morgan fingerprint density at radius 3 is 0.580 bits per heavy atom. The van der Waals surface area contributed by atoms with E-state index in [4.69, 9.17) is 0 Å². The van der Waals surface area contributed by atoms with Crippen LogP contribution in [0.3, 0.4) is 0 Å². The molecule has 4 heterocycles. The van der Waals surface area contributed by atoms with Gasteiger partial charge in [0.05, 0.1) is 44.1 Å². The first-order valence-corrected chi connectivity index (χ1v) is 50.1. The van der Waals surface area contributed by atoms with Gasteiger partial charge in [0.2, 0.25) is 0 Å². The van der Waals surface area contributed by atoms with E-state index in [1.807, 2.05) is 0 Å². The molecule has 4 aromatic heterocycles. The fraction of sp³-hybridized carbons (Fsp3) is 0.0791. The summed E-state index contributed by atoms with van der Waals surface area (Å²) in [5.74, 6) is 0. The van der Waals surface area contributed by atoms with E-state index in [0.29, 0.717) is 0 Å². The molecule has 28 rings (SSSR count). The zero-order valence-electron chi connectivity index (χ0n) is 81.9. The lowest BCUT2D eigenvalue weighted by Crippen LogP contribution is -2.10. The minimum Gasteiger partial charge on any atom is -0.309 e. The number of benzene rings is 24. The molecule has 0 N–H and O–H groups in total. The Morgan fingerprint density at radius 2 is 0.336 bits per heavy atom. The molecule has 0 unspecified atom stereocenters. The van der Waals surface area contributed by atoms with Gasteiger partial charge >= 0.3 is 0 Å². The summed E-state index contributed by atoms with van der Waals surface area (Å²) >= 11 is 0. The van der Waals surface area contributed by atoms with Gasteiger partial charge < -0.3 is 18.3 Å². The molecule has 0 atom stereocenters. The first-order chi connectivity index (χ1) is 70.0. The van der Waals surface area contributed by atoms with Crippen molar-refractivity contribution in [1.82, 2.24) is 18.3 Å². The van der Waals surface area contributed by atoms with Crippen LogP contribution in [-0.2, 0) is 10.8 Å². The Kier molecular flexibility index (Phi) is 21.4. The molecule has 4 heteroatoms. The zero-order valence-corrected chi connectivity index (χ0v) is 81.9. The summed E-state index contributed by atoms with van der Waals surface area (Å²) in [7, 11) is 0. The normalized spacial score (nSPS) is 12.0. The summed E-state index contributed by atoms with van der Waals surface area (Å²) in [5, 5.41) is 31.1. The van der Waals surface area contributed by atoms with Gasteiger partial charge in [-0.3, -0.25) is 0 Å². The van der Waals surface area contributed by atoms with E-state index in [-0.39, 0.29) is 10.8 Å². The van der Waals surface area contributed by atoms with Gasteiger partial charge in [-0.05, 0) is 319 Å². The fourth-order valence-electron chi connectivity index (χ4n) is 22.9. The molecule has 682 valence electrons. The Morgan fingerprint density at radius 1 is 0.147 bits per heavy atom. The third kappa shape index (κ3) is 15.2. The van der Waals surface area contributed by atoms with Gasteiger partial charge in [0.15, 0.2) is 0 Å². The van der Waals surface area contributed by atoms with Crippen molar-refractivity contribution in [2.45, 2.75) is 73.1 Å². The maximum atomic E-state index is 2.44. The molecule has 0 aliphatic carbocycles. The molecule has 28 aromatic rings. The number of hydrogen-bond donors (Lipinski definition) is 0. The molecule has 0 spiro atoms. The first-order valence-electron chi connectivity index (χ1n) is 50.1. The molecule has 0 fully saturated rings. The van der Waals surface area contributed by atoms with Crippen molar-refractivity contribution < 1.29 is 0 Å². The third-order valence-electron chi connectivity index (χ3n) is 29.9. The van der Waals surface area contributed by atoms with Gasteiger partial charge in [-0.2, -0.15) is 0 Å². The number of hydrogen-bond acceptors (Lipinski definition) is 0. The molecule has 0 radical (unpaired) electrons. The highest BCUT2D eigenvalue weighted by molar-refractivity contribution is 6.20. The molecule has 24 aromatic carbocycles. The van der Waals surface area contributed by atoms with Crippen molar-refractivity contribution in [3.05, 3.63) is 507 Å². The molecule has 0 aliphatic heterocycles. The van der Waals surface area contributed by atoms with E-state index in [0.717, 1.165) is 0 Å². The van der Waals surface area contributed by atoms with Crippen molar-refractivity contribution in [2.24, 2.45) is 0 Å². The summed E-state index contributed by atoms with van der Waals surface area (Å²) in [6.45, 7) is 20.3. The van der Waals surface area contributed by atoms with Crippen molar-refractivity contribution in [3.8, 4) is 67.3 Å². The minimum atomic E-state index is 0.0904. The number of fused-ring (bicyclic) bond motifs is 20. The lowest BCUT2D eigenvalue weighted by Gasteiger charge is -2.19. The highest BCUT2D eigenvalue weighted by atomic mass is 15.0. The topological polar surface area (TPSA) is 19.7 Å². The summed E-state index contributed by atoms with van der Waals surface area (Å²) < 4.78 is 9.58. The average molecular weight is 1830 g/mol. The predicted octanol–water partition coefficient (Wildman–Crippen LogP) is 38.5. The highest BCUT2D eigenvalue weighted by Gasteiger charge is 2.25. The monoisotopic (exact) mass is 1830 g/mol. The van der Waals surface area contributed by atoms with Crippen LogP contribution in [0.25, 0.3) is 241 Å². The number of aromatic nitrogens is 4. The number of aryl methyl sites for hydroxylation is 3. The molecule has 0 aliphatic rings. The van der Waals surface area contributed by atoms with Crippen LogP contribution in [0.2, 0.25) is 0 Å². The summed E-state index contributed by atoms with van der Waals surface area (Å²) in [6, 6.07) is 175. The predicted molar refractivity (Wildman–Crippen MR) is 617 cm³/mol. The lowest BCUT2D eigenvalue weighted by molar-refractivity contribution is 0.590. The van der Waals surface area contributed by atoms with E-state index >= 15 is 0 Å². The van der Waals surface area contributed by atoms with Crippen molar-refractivity contribution in [1.29, 1.82) is 0 Å². The van der Waals surface area contributed by atoms with Gasteiger partial charge in [0.25, 0.3) is 0 Å². The Bertz CT molecular complexity index is 9480.